The number of aromatic nitrogens is 2. The van der Waals surface area contributed by atoms with Gasteiger partial charge in [0.05, 0.1) is 31.6 Å². The van der Waals surface area contributed by atoms with E-state index in [0.717, 1.165) is 41.1 Å². The van der Waals surface area contributed by atoms with Gasteiger partial charge in [-0.05, 0) is 29.5 Å². The van der Waals surface area contributed by atoms with Gasteiger partial charge in [0.2, 0.25) is 5.91 Å². The molecule has 1 fully saturated rings. The maximum Gasteiger partial charge on any atom is 0.407 e. The van der Waals surface area contributed by atoms with Crippen molar-refractivity contribution in [3.05, 3.63) is 66.1 Å². The van der Waals surface area contributed by atoms with Crippen LogP contribution in [0.25, 0.3) is 22.4 Å². The third-order valence-electron chi connectivity index (χ3n) is 5.98. The minimum atomic E-state index is -0.632. The predicted octanol–water partition coefficient (Wildman–Crippen LogP) is 2.90. The number of alkyl carbamates (subject to hydrolysis) is 1. The monoisotopic (exact) mass is 461 g/mol. The lowest BCUT2D eigenvalue weighted by Crippen LogP contribution is -2.40. The zero-order chi connectivity index (χ0) is 24.1. The molecule has 1 aliphatic rings. The molecular weight excluding hydrogens is 434 g/mol. The summed E-state index contributed by atoms with van der Waals surface area (Å²) in [5.41, 5.74) is 9.89. The van der Waals surface area contributed by atoms with E-state index in [2.05, 4.69) is 20.0 Å². The van der Waals surface area contributed by atoms with Gasteiger partial charge in [-0.15, -0.1) is 0 Å². The number of ether oxygens (including phenoxy) is 1. The molecule has 1 saturated heterocycles. The third kappa shape index (κ3) is 4.99. The molecule has 1 atom stereocenters. The van der Waals surface area contributed by atoms with Crippen LogP contribution in [0.2, 0.25) is 0 Å². The molecule has 4 N–H and O–H groups in total. The van der Waals surface area contributed by atoms with Crippen LogP contribution >= 0.6 is 0 Å². The summed E-state index contributed by atoms with van der Waals surface area (Å²) in [5.74, 6) is 0.469. The molecule has 1 aliphatic heterocycles. The number of methoxy groups -OCH3 is 1. The molecule has 0 bridgehead atoms. The fourth-order valence-electron chi connectivity index (χ4n) is 4.13. The Kier molecular flexibility index (Phi) is 7.03. The van der Waals surface area contributed by atoms with E-state index in [-0.39, 0.29) is 30.8 Å². The highest BCUT2D eigenvalue weighted by Gasteiger charge is 2.32. The second-order valence-electron chi connectivity index (χ2n) is 8.05. The summed E-state index contributed by atoms with van der Waals surface area (Å²) in [4.78, 5) is 45.2. The number of amides is 2. The standard InChI is InChI=1S/C25H27N5O4/c1-34-25(33)28-15-23(32)30-12-2-3-21(30)24-27-14-20(29-24)18-8-4-16(5-9-18)17-6-10-19(11-7-17)22(31)13-26/h4-11,14,21H,2-3,12-13,15,26H2,1H3,(H,27,29)(H,28,33)/t21-/m0/s1. The van der Waals surface area contributed by atoms with Gasteiger partial charge in [0.15, 0.2) is 5.78 Å². The summed E-state index contributed by atoms with van der Waals surface area (Å²) in [6.45, 7) is 0.504. The number of rotatable bonds is 7. The van der Waals surface area contributed by atoms with Gasteiger partial charge in [-0.3, -0.25) is 9.59 Å². The van der Waals surface area contributed by atoms with Crippen molar-refractivity contribution in [3.8, 4) is 22.4 Å². The van der Waals surface area contributed by atoms with Gasteiger partial charge in [0.1, 0.15) is 12.4 Å². The molecule has 0 unspecified atom stereocenters. The van der Waals surface area contributed by atoms with Crippen molar-refractivity contribution >= 4 is 17.8 Å². The van der Waals surface area contributed by atoms with E-state index in [1.165, 1.54) is 7.11 Å². The number of nitrogens with one attached hydrogen (secondary N) is 2. The molecule has 1 aromatic heterocycles. The fourth-order valence-corrected chi connectivity index (χ4v) is 4.13. The van der Waals surface area contributed by atoms with Crippen molar-refractivity contribution in [2.24, 2.45) is 5.73 Å². The number of aromatic amines is 1. The molecule has 176 valence electrons. The Morgan fingerprint density at radius 2 is 1.74 bits per heavy atom. The summed E-state index contributed by atoms with van der Waals surface area (Å²) in [7, 11) is 1.26. The first-order valence-electron chi connectivity index (χ1n) is 11.1. The first-order chi connectivity index (χ1) is 16.5. The maximum absolute atomic E-state index is 12.6. The molecule has 9 heteroatoms. The highest BCUT2D eigenvalue weighted by Crippen LogP contribution is 2.32. The molecule has 4 rings (SSSR count). The first-order valence-corrected chi connectivity index (χ1v) is 11.1. The Labute approximate surface area is 197 Å². The van der Waals surface area contributed by atoms with E-state index < -0.39 is 6.09 Å². The number of ketones is 1. The average molecular weight is 462 g/mol. The quantitative estimate of drug-likeness (QED) is 0.464. The molecular formula is C25H27N5O4. The molecule has 2 amide bonds. The van der Waals surface area contributed by atoms with Crippen LogP contribution in [0, 0.1) is 0 Å². The maximum atomic E-state index is 12.6. The Hall–Kier alpha value is -3.98. The molecule has 0 radical (unpaired) electrons. The lowest BCUT2D eigenvalue weighted by atomic mass is 10.0. The van der Waals surface area contributed by atoms with Crippen molar-refractivity contribution in [1.82, 2.24) is 20.2 Å². The SMILES string of the molecule is COC(=O)NCC(=O)N1CCC[C@H]1c1ncc(-c2ccc(-c3ccc(C(=O)CN)cc3)cc2)[nH]1. The average Bonchev–Trinajstić information content (AvgIpc) is 3.57. The lowest BCUT2D eigenvalue weighted by Gasteiger charge is -2.23. The zero-order valence-electron chi connectivity index (χ0n) is 18.9. The van der Waals surface area contributed by atoms with E-state index in [9.17, 15) is 14.4 Å². The summed E-state index contributed by atoms with van der Waals surface area (Å²) in [6, 6.07) is 15.3. The Bertz CT molecular complexity index is 1170. The van der Waals surface area contributed by atoms with E-state index in [1.807, 2.05) is 36.4 Å². The molecule has 0 aliphatic carbocycles. The van der Waals surface area contributed by atoms with Gasteiger partial charge in [0.25, 0.3) is 0 Å². The molecule has 3 aromatic rings. The van der Waals surface area contributed by atoms with Crippen molar-refractivity contribution in [1.29, 1.82) is 0 Å². The highest BCUT2D eigenvalue weighted by atomic mass is 16.5. The number of H-pyrrole nitrogens is 1. The van der Waals surface area contributed by atoms with Gasteiger partial charge < -0.3 is 25.7 Å². The lowest BCUT2D eigenvalue weighted by molar-refractivity contribution is -0.131. The van der Waals surface area contributed by atoms with E-state index in [1.54, 1.807) is 23.2 Å². The number of nitrogens with two attached hydrogens (primary N) is 1. The number of hydrogen-bond acceptors (Lipinski definition) is 6. The second kappa shape index (κ2) is 10.3. The molecule has 0 spiro atoms. The Morgan fingerprint density at radius 1 is 1.09 bits per heavy atom. The van der Waals surface area contributed by atoms with Crippen molar-refractivity contribution < 1.29 is 19.1 Å². The molecule has 2 heterocycles. The Morgan fingerprint density at radius 3 is 2.38 bits per heavy atom. The molecule has 0 saturated carbocycles. The zero-order valence-corrected chi connectivity index (χ0v) is 18.9. The van der Waals surface area contributed by atoms with Gasteiger partial charge in [0, 0.05) is 12.1 Å². The number of benzene rings is 2. The largest absolute Gasteiger partial charge is 0.453 e. The van der Waals surface area contributed by atoms with Crippen LogP contribution in [0.1, 0.15) is 35.1 Å². The Balaban J connectivity index is 1.45. The van der Waals surface area contributed by atoms with Crippen molar-refractivity contribution in [2.45, 2.75) is 18.9 Å². The summed E-state index contributed by atoms with van der Waals surface area (Å²) in [5, 5.41) is 2.44. The van der Waals surface area contributed by atoms with Crippen LogP contribution in [-0.4, -0.2) is 59.4 Å². The summed E-state index contributed by atoms with van der Waals surface area (Å²) in [6.07, 6.45) is 2.81. The minimum Gasteiger partial charge on any atom is -0.453 e. The third-order valence-corrected chi connectivity index (χ3v) is 5.98. The van der Waals surface area contributed by atoms with Crippen LogP contribution < -0.4 is 11.1 Å². The van der Waals surface area contributed by atoms with Gasteiger partial charge in [-0.1, -0.05) is 48.5 Å². The number of Topliss-reactive ketones (excluding diaryl/α,β-unsaturated/α-hetero) is 1. The summed E-state index contributed by atoms with van der Waals surface area (Å²) < 4.78 is 4.53. The number of nitrogens with zero attached hydrogens (tertiary/aromatic N) is 2. The number of carbonyl (C=O) groups excluding carboxylic acids is 3. The van der Waals surface area contributed by atoms with Crippen LogP contribution in [0.15, 0.2) is 54.7 Å². The molecule has 2 aromatic carbocycles. The van der Waals surface area contributed by atoms with Crippen molar-refractivity contribution in [2.75, 3.05) is 26.7 Å². The van der Waals surface area contributed by atoms with Crippen LogP contribution in [0.4, 0.5) is 4.79 Å². The summed E-state index contributed by atoms with van der Waals surface area (Å²) >= 11 is 0. The normalized spacial score (nSPS) is 15.2. The smallest absolute Gasteiger partial charge is 0.407 e. The number of hydrogen-bond donors (Lipinski definition) is 3. The van der Waals surface area contributed by atoms with Gasteiger partial charge in [-0.2, -0.15) is 0 Å². The van der Waals surface area contributed by atoms with E-state index >= 15 is 0 Å². The van der Waals surface area contributed by atoms with E-state index in [4.69, 9.17) is 5.73 Å². The van der Waals surface area contributed by atoms with Crippen LogP contribution in [0.5, 0.6) is 0 Å². The van der Waals surface area contributed by atoms with E-state index in [0.29, 0.717) is 12.1 Å². The second-order valence-corrected chi connectivity index (χ2v) is 8.05. The fraction of sp³-hybridized carbons (Fsp3) is 0.280. The highest BCUT2D eigenvalue weighted by molar-refractivity contribution is 5.97. The molecule has 9 nitrogen and oxygen atoms in total. The van der Waals surface area contributed by atoms with Crippen LogP contribution in [0.3, 0.4) is 0 Å². The van der Waals surface area contributed by atoms with Gasteiger partial charge >= 0.3 is 6.09 Å². The number of likely N-dealkylation sites (tertiary alicyclic amines) is 1. The number of imidazole rings is 1. The van der Waals surface area contributed by atoms with Crippen molar-refractivity contribution in [3.63, 3.8) is 0 Å². The topological polar surface area (TPSA) is 130 Å². The predicted molar refractivity (Wildman–Crippen MR) is 127 cm³/mol. The first kappa shape index (κ1) is 23.2. The van der Waals surface area contributed by atoms with Gasteiger partial charge in [-0.25, -0.2) is 9.78 Å². The van der Waals surface area contributed by atoms with Crippen LogP contribution in [-0.2, 0) is 9.53 Å². The minimum absolute atomic E-state index is 0.00261. The molecule has 34 heavy (non-hydrogen) atoms. The number of carbonyl (C=O) groups is 3.